The van der Waals surface area contributed by atoms with Crippen molar-refractivity contribution in [1.82, 2.24) is 5.32 Å². The van der Waals surface area contributed by atoms with Crippen molar-refractivity contribution < 1.29 is 24.5 Å². The minimum absolute atomic E-state index is 0.0349. The smallest absolute Gasteiger partial charge is 0.306 e. The van der Waals surface area contributed by atoms with E-state index in [0.29, 0.717) is 19.3 Å². The van der Waals surface area contributed by atoms with Crippen molar-refractivity contribution in [3.8, 4) is 0 Å². The van der Waals surface area contributed by atoms with Gasteiger partial charge < -0.3 is 20.3 Å². The molecule has 0 spiro atoms. The van der Waals surface area contributed by atoms with Gasteiger partial charge in [-0.2, -0.15) is 0 Å². The van der Waals surface area contributed by atoms with E-state index in [-0.39, 0.29) is 24.9 Å². The lowest BCUT2D eigenvalue weighted by atomic mass is 10.0. The van der Waals surface area contributed by atoms with Crippen LogP contribution in [0.5, 0.6) is 0 Å². The van der Waals surface area contributed by atoms with Crippen molar-refractivity contribution in [3.63, 3.8) is 0 Å². The van der Waals surface area contributed by atoms with Crippen molar-refractivity contribution in [2.24, 2.45) is 0 Å². The molecule has 3 N–H and O–H groups in total. The fourth-order valence-corrected chi connectivity index (χ4v) is 8.46. The third-order valence-corrected chi connectivity index (χ3v) is 12.8. The maximum absolute atomic E-state index is 13.3. The van der Waals surface area contributed by atoms with Crippen LogP contribution in [0, 0.1) is 0 Å². The van der Waals surface area contributed by atoms with Crippen molar-refractivity contribution in [3.05, 3.63) is 72.9 Å². The highest BCUT2D eigenvalue weighted by atomic mass is 16.5. The lowest BCUT2D eigenvalue weighted by Crippen LogP contribution is -2.46. The van der Waals surface area contributed by atoms with Crippen molar-refractivity contribution >= 4 is 11.9 Å². The van der Waals surface area contributed by atoms with Gasteiger partial charge in [-0.05, 0) is 89.9 Å². The largest absolute Gasteiger partial charge is 0.462 e. The summed E-state index contributed by atoms with van der Waals surface area (Å²) < 4.78 is 5.92. The number of allylic oxidation sites excluding steroid dienone is 12. The summed E-state index contributed by atoms with van der Waals surface area (Å²) in [7, 11) is 0. The van der Waals surface area contributed by atoms with E-state index in [2.05, 4.69) is 99.0 Å². The molecule has 0 aliphatic carbocycles. The Balaban J connectivity index is 4.60. The second kappa shape index (κ2) is 54.2. The molecule has 388 valence electrons. The van der Waals surface area contributed by atoms with Crippen LogP contribution in [-0.4, -0.2) is 46.9 Å². The predicted molar refractivity (Wildman–Crippen MR) is 291 cm³/mol. The number of hydrogen-bond acceptors (Lipinski definition) is 5. The minimum Gasteiger partial charge on any atom is -0.462 e. The number of aliphatic hydroxyl groups is 2. The molecule has 0 fully saturated rings. The standard InChI is InChI=1S/C61H109NO5/c1-4-7-10-13-16-19-22-25-28-30-32-35-38-41-44-47-50-53-59(64)58(56-63)62-60(65)55-57(52-49-46-43-40-37-34-27-24-21-18-15-12-9-6-3)67-61(66)54-51-48-45-42-39-36-33-31-29-26-23-20-17-14-11-8-5-2/h9,12,17-18,20-21,26-27,29,34,40,43,57-59,63-64H,4-8,10-11,13-16,19,22-25,28,30-33,35-39,41-42,44-56H2,1-3H3,(H,62,65)/b12-9+,20-17-,21-18+,29-26-,34-27+,43-40+. The van der Waals surface area contributed by atoms with Gasteiger partial charge in [0.1, 0.15) is 6.10 Å². The third kappa shape index (κ3) is 49.5. The summed E-state index contributed by atoms with van der Waals surface area (Å²) in [6.07, 6.45) is 69.7. The molecule has 0 aliphatic heterocycles. The summed E-state index contributed by atoms with van der Waals surface area (Å²) in [5.41, 5.74) is 0. The molecular weight excluding hydrogens is 827 g/mol. The zero-order valence-electron chi connectivity index (χ0n) is 44.3. The summed E-state index contributed by atoms with van der Waals surface area (Å²) in [5.74, 6) is -0.534. The van der Waals surface area contributed by atoms with E-state index in [1.807, 2.05) is 0 Å². The molecule has 67 heavy (non-hydrogen) atoms. The van der Waals surface area contributed by atoms with Gasteiger partial charge in [-0.15, -0.1) is 0 Å². The molecule has 0 heterocycles. The van der Waals surface area contributed by atoms with Crippen molar-refractivity contribution in [1.29, 1.82) is 0 Å². The Morgan fingerprint density at radius 1 is 0.448 bits per heavy atom. The zero-order chi connectivity index (χ0) is 48.8. The quantitative estimate of drug-likeness (QED) is 0.0321. The molecule has 6 nitrogen and oxygen atoms in total. The predicted octanol–water partition coefficient (Wildman–Crippen LogP) is 17.7. The average Bonchev–Trinajstić information content (AvgIpc) is 3.32. The maximum atomic E-state index is 13.3. The number of hydrogen-bond donors (Lipinski definition) is 3. The van der Waals surface area contributed by atoms with Gasteiger partial charge in [-0.25, -0.2) is 0 Å². The molecule has 3 atom stereocenters. The monoisotopic (exact) mass is 936 g/mol. The molecule has 0 aromatic carbocycles. The number of carbonyl (C=O) groups excluding carboxylic acids is 2. The fraction of sp³-hybridized carbons (Fsp3) is 0.770. The van der Waals surface area contributed by atoms with Crippen LogP contribution in [0.4, 0.5) is 0 Å². The van der Waals surface area contributed by atoms with Gasteiger partial charge in [0.2, 0.25) is 5.91 Å². The van der Waals surface area contributed by atoms with Crippen LogP contribution < -0.4 is 5.32 Å². The highest BCUT2D eigenvalue weighted by Gasteiger charge is 2.24. The van der Waals surface area contributed by atoms with E-state index in [9.17, 15) is 19.8 Å². The van der Waals surface area contributed by atoms with Crippen LogP contribution in [0.1, 0.15) is 278 Å². The van der Waals surface area contributed by atoms with E-state index < -0.39 is 18.2 Å². The van der Waals surface area contributed by atoms with E-state index in [0.717, 1.165) is 89.9 Å². The molecule has 3 unspecified atom stereocenters. The van der Waals surface area contributed by atoms with Crippen LogP contribution in [-0.2, 0) is 14.3 Å². The molecule has 1 amide bonds. The zero-order valence-corrected chi connectivity index (χ0v) is 44.3. The first-order valence-electron chi connectivity index (χ1n) is 28.7. The van der Waals surface area contributed by atoms with Crippen molar-refractivity contribution in [2.75, 3.05) is 6.61 Å². The topological polar surface area (TPSA) is 95.9 Å². The van der Waals surface area contributed by atoms with Crippen LogP contribution in [0.25, 0.3) is 0 Å². The van der Waals surface area contributed by atoms with Crippen LogP contribution >= 0.6 is 0 Å². The highest BCUT2D eigenvalue weighted by Crippen LogP contribution is 2.18. The molecule has 0 saturated heterocycles. The highest BCUT2D eigenvalue weighted by molar-refractivity contribution is 5.77. The van der Waals surface area contributed by atoms with Crippen LogP contribution in [0.2, 0.25) is 0 Å². The average molecular weight is 937 g/mol. The molecule has 0 radical (unpaired) electrons. The first-order valence-corrected chi connectivity index (χ1v) is 28.7. The Labute approximate surface area is 415 Å². The lowest BCUT2D eigenvalue weighted by molar-refractivity contribution is -0.151. The first kappa shape index (κ1) is 64.3. The normalized spacial score (nSPS) is 13.7. The van der Waals surface area contributed by atoms with E-state index >= 15 is 0 Å². The molecule has 0 aliphatic rings. The van der Waals surface area contributed by atoms with Gasteiger partial charge in [-0.1, -0.05) is 248 Å². The van der Waals surface area contributed by atoms with E-state index in [1.165, 1.54) is 141 Å². The summed E-state index contributed by atoms with van der Waals surface area (Å²) in [6, 6.07) is -0.724. The Morgan fingerprint density at radius 2 is 0.821 bits per heavy atom. The Bertz CT molecular complexity index is 1230. The molecule has 0 saturated carbocycles. The van der Waals surface area contributed by atoms with Gasteiger partial charge in [-0.3, -0.25) is 9.59 Å². The summed E-state index contributed by atoms with van der Waals surface area (Å²) in [4.78, 5) is 26.2. The third-order valence-electron chi connectivity index (χ3n) is 12.8. The summed E-state index contributed by atoms with van der Waals surface area (Å²) in [6.45, 7) is 6.35. The lowest BCUT2D eigenvalue weighted by Gasteiger charge is -2.24. The molecule has 0 bridgehead atoms. The maximum Gasteiger partial charge on any atom is 0.306 e. The van der Waals surface area contributed by atoms with Gasteiger partial charge in [0, 0.05) is 6.42 Å². The number of carbonyl (C=O) groups is 2. The van der Waals surface area contributed by atoms with Gasteiger partial charge in [0.15, 0.2) is 0 Å². The number of nitrogens with one attached hydrogen (secondary N) is 1. The summed E-state index contributed by atoms with van der Waals surface area (Å²) in [5, 5.41) is 23.9. The van der Waals surface area contributed by atoms with Gasteiger partial charge in [0.05, 0.1) is 25.2 Å². The number of aliphatic hydroxyl groups excluding tert-OH is 2. The van der Waals surface area contributed by atoms with Crippen molar-refractivity contribution in [2.45, 2.75) is 296 Å². The minimum atomic E-state index is -0.807. The van der Waals surface area contributed by atoms with Crippen LogP contribution in [0.3, 0.4) is 0 Å². The second-order valence-corrected chi connectivity index (χ2v) is 19.3. The number of esters is 1. The van der Waals surface area contributed by atoms with E-state index in [1.54, 1.807) is 0 Å². The number of rotatable bonds is 51. The molecule has 0 aromatic rings. The van der Waals surface area contributed by atoms with E-state index in [4.69, 9.17) is 4.74 Å². The summed E-state index contributed by atoms with van der Waals surface area (Å²) >= 11 is 0. The number of amides is 1. The number of unbranched alkanes of at least 4 members (excludes halogenated alkanes) is 27. The SMILES string of the molecule is CC/C=C/C/C=C/C/C=C/C/C=C/CCCC(CC(=O)NC(CO)C(O)CCCCCCCCCCCCCCCCCCC)OC(=O)CCCCCCCCC/C=C\C/C=C\CCCCC. The molecule has 0 aromatic heterocycles. The Kier molecular flexibility index (Phi) is 52.1. The Hall–Kier alpha value is -2.70. The molecular formula is C61H109NO5. The van der Waals surface area contributed by atoms with Gasteiger partial charge in [0.25, 0.3) is 0 Å². The second-order valence-electron chi connectivity index (χ2n) is 19.3. The fourth-order valence-electron chi connectivity index (χ4n) is 8.46. The first-order chi connectivity index (χ1) is 33.0. The van der Waals surface area contributed by atoms with Crippen LogP contribution in [0.15, 0.2) is 72.9 Å². The molecule has 6 heteroatoms. The number of ether oxygens (including phenoxy) is 1. The molecule has 0 rings (SSSR count). The Morgan fingerprint density at radius 3 is 1.28 bits per heavy atom. The van der Waals surface area contributed by atoms with Gasteiger partial charge >= 0.3 is 5.97 Å².